The molecule has 1 aliphatic heterocycles. The molecule has 0 N–H and O–H groups in total. The summed E-state index contributed by atoms with van der Waals surface area (Å²) in [7, 11) is 0. The number of hydrogen-bond donors (Lipinski definition) is 0. The van der Waals surface area contributed by atoms with Crippen LogP contribution in [0.4, 0.5) is 8.78 Å². The van der Waals surface area contributed by atoms with Crippen LogP contribution in [0.5, 0.6) is 0 Å². The quantitative estimate of drug-likeness (QED) is 0.758. The Kier molecular flexibility index (Phi) is 2.90. The molecule has 1 aromatic carbocycles. The average Bonchev–Trinajstić information content (AvgIpc) is 2.70. The minimum Gasteiger partial charge on any atom is -0.475 e. The van der Waals surface area contributed by atoms with Crippen molar-refractivity contribution in [3.8, 4) is 0 Å². The summed E-state index contributed by atoms with van der Waals surface area (Å²) in [6.45, 7) is 4.47. The average molecular weight is 225 g/mol. The largest absolute Gasteiger partial charge is 0.475 e. The molecule has 0 saturated heterocycles. The van der Waals surface area contributed by atoms with E-state index >= 15 is 0 Å². The van der Waals surface area contributed by atoms with Crippen molar-refractivity contribution in [3.05, 3.63) is 35.4 Å². The van der Waals surface area contributed by atoms with Crippen LogP contribution in [0.2, 0.25) is 0 Å². The maximum Gasteiger partial charge on any atom is 0.219 e. The lowest BCUT2D eigenvalue weighted by molar-refractivity contribution is 0.291. The molecule has 4 heteroatoms. The summed E-state index contributed by atoms with van der Waals surface area (Å²) >= 11 is 0. The fraction of sp³-hybridized carbons (Fsp3) is 0.417. The zero-order valence-corrected chi connectivity index (χ0v) is 9.21. The molecule has 2 rings (SSSR count). The van der Waals surface area contributed by atoms with Crippen LogP contribution in [-0.4, -0.2) is 18.5 Å². The Hall–Kier alpha value is -1.45. The van der Waals surface area contributed by atoms with Crippen LogP contribution in [0.25, 0.3) is 0 Å². The standard InChI is InChI=1S/C12H13F2NO/c1-7(2)11-6-16-12(15-11)9-5-8(13)3-4-10(9)14/h3-5,7,11H,6H2,1-2H3/t11-/m0/s1. The molecule has 1 atom stereocenters. The van der Waals surface area contributed by atoms with Gasteiger partial charge in [-0.25, -0.2) is 13.8 Å². The van der Waals surface area contributed by atoms with E-state index in [4.69, 9.17) is 4.74 Å². The Morgan fingerprint density at radius 2 is 2.12 bits per heavy atom. The molecule has 0 aliphatic carbocycles. The van der Waals surface area contributed by atoms with Crippen LogP contribution < -0.4 is 0 Å². The fourth-order valence-corrected chi connectivity index (χ4v) is 1.54. The smallest absolute Gasteiger partial charge is 0.219 e. The molecule has 1 aliphatic rings. The third kappa shape index (κ3) is 2.05. The monoisotopic (exact) mass is 225 g/mol. The van der Waals surface area contributed by atoms with Gasteiger partial charge < -0.3 is 4.74 Å². The van der Waals surface area contributed by atoms with E-state index in [1.807, 2.05) is 13.8 Å². The Morgan fingerprint density at radius 3 is 2.75 bits per heavy atom. The van der Waals surface area contributed by atoms with Crippen LogP contribution in [0.1, 0.15) is 19.4 Å². The van der Waals surface area contributed by atoms with E-state index in [-0.39, 0.29) is 17.5 Å². The van der Waals surface area contributed by atoms with E-state index in [1.54, 1.807) is 0 Å². The number of halogens is 2. The van der Waals surface area contributed by atoms with Crippen molar-refractivity contribution in [1.29, 1.82) is 0 Å². The second kappa shape index (κ2) is 4.20. The van der Waals surface area contributed by atoms with Crippen molar-refractivity contribution in [2.75, 3.05) is 6.61 Å². The third-order valence-electron chi connectivity index (χ3n) is 2.60. The lowest BCUT2D eigenvalue weighted by atomic mass is 10.1. The van der Waals surface area contributed by atoms with Crippen LogP contribution >= 0.6 is 0 Å². The first-order valence-electron chi connectivity index (χ1n) is 5.24. The highest BCUT2D eigenvalue weighted by Crippen LogP contribution is 2.19. The molecule has 0 unspecified atom stereocenters. The van der Waals surface area contributed by atoms with Crippen LogP contribution in [0, 0.1) is 17.6 Å². The summed E-state index contributed by atoms with van der Waals surface area (Å²) in [5.74, 6) is -0.468. The molecule has 86 valence electrons. The third-order valence-corrected chi connectivity index (χ3v) is 2.60. The molecule has 0 aromatic heterocycles. The lowest BCUT2D eigenvalue weighted by Gasteiger charge is -2.06. The number of aliphatic imine (C=N–C) groups is 1. The first-order chi connectivity index (χ1) is 7.58. The van der Waals surface area contributed by atoms with Crippen LogP contribution in [0.3, 0.4) is 0 Å². The second-order valence-corrected chi connectivity index (χ2v) is 4.18. The van der Waals surface area contributed by atoms with Gasteiger partial charge in [0, 0.05) is 0 Å². The molecular weight excluding hydrogens is 212 g/mol. The number of rotatable bonds is 2. The summed E-state index contributed by atoms with van der Waals surface area (Å²) in [6, 6.07) is 3.29. The molecular formula is C12H13F2NO. The van der Waals surface area contributed by atoms with Gasteiger partial charge in [0.25, 0.3) is 0 Å². The van der Waals surface area contributed by atoms with E-state index in [0.717, 1.165) is 18.2 Å². The van der Waals surface area contributed by atoms with Gasteiger partial charge in [0.15, 0.2) is 0 Å². The molecule has 0 fully saturated rings. The molecule has 0 saturated carbocycles. The number of benzene rings is 1. The van der Waals surface area contributed by atoms with E-state index < -0.39 is 11.6 Å². The van der Waals surface area contributed by atoms with Gasteiger partial charge in [0.1, 0.15) is 18.2 Å². The maximum atomic E-state index is 13.4. The first-order valence-corrected chi connectivity index (χ1v) is 5.24. The zero-order valence-electron chi connectivity index (χ0n) is 9.21. The van der Waals surface area contributed by atoms with Crippen LogP contribution in [-0.2, 0) is 4.74 Å². The minimum absolute atomic E-state index is 0.0256. The fourth-order valence-electron chi connectivity index (χ4n) is 1.54. The van der Waals surface area contributed by atoms with E-state index in [9.17, 15) is 8.78 Å². The zero-order chi connectivity index (χ0) is 11.7. The number of ether oxygens (including phenoxy) is 1. The Balaban J connectivity index is 2.32. The van der Waals surface area contributed by atoms with Gasteiger partial charge in [-0.05, 0) is 24.1 Å². The molecule has 0 bridgehead atoms. The predicted octanol–water partition coefficient (Wildman–Crippen LogP) is 2.77. The van der Waals surface area contributed by atoms with Crippen molar-refractivity contribution in [2.45, 2.75) is 19.9 Å². The molecule has 0 amide bonds. The van der Waals surface area contributed by atoms with Gasteiger partial charge in [0.05, 0.1) is 11.6 Å². The highest BCUT2D eigenvalue weighted by atomic mass is 19.1. The summed E-state index contributed by atoms with van der Waals surface area (Å²) in [5.41, 5.74) is 0.100. The predicted molar refractivity (Wildman–Crippen MR) is 57.5 cm³/mol. The van der Waals surface area contributed by atoms with Gasteiger partial charge >= 0.3 is 0 Å². The van der Waals surface area contributed by atoms with Crippen LogP contribution in [0.15, 0.2) is 23.2 Å². The van der Waals surface area contributed by atoms with Crippen molar-refractivity contribution < 1.29 is 13.5 Å². The normalized spacial score (nSPS) is 19.8. The Bertz CT molecular complexity index is 429. The van der Waals surface area contributed by atoms with Gasteiger partial charge in [-0.3, -0.25) is 0 Å². The van der Waals surface area contributed by atoms with Gasteiger partial charge in [-0.2, -0.15) is 0 Å². The van der Waals surface area contributed by atoms with Gasteiger partial charge in [0.2, 0.25) is 5.90 Å². The minimum atomic E-state index is -0.510. The van der Waals surface area contributed by atoms with Crippen molar-refractivity contribution in [1.82, 2.24) is 0 Å². The SMILES string of the molecule is CC(C)[C@@H]1COC(c2cc(F)ccc2F)=N1. The first kappa shape index (κ1) is 11.0. The molecule has 16 heavy (non-hydrogen) atoms. The lowest BCUT2D eigenvalue weighted by Crippen LogP contribution is -2.13. The Morgan fingerprint density at radius 1 is 1.38 bits per heavy atom. The van der Waals surface area contributed by atoms with Gasteiger partial charge in [-0.15, -0.1) is 0 Å². The number of nitrogens with zero attached hydrogens (tertiary/aromatic N) is 1. The number of hydrogen-bond acceptors (Lipinski definition) is 2. The van der Waals surface area contributed by atoms with E-state index in [2.05, 4.69) is 4.99 Å². The molecule has 0 spiro atoms. The van der Waals surface area contributed by atoms with Crippen molar-refractivity contribution in [2.24, 2.45) is 10.9 Å². The van der Waals surface area contributed by atoms with E-state index in [0.29, 0.717) is 12.5 Å². The topological polar surface area (TPSA) is 21.6 Å². The molecule has 1 heterocycles. The highest BCUT2D eigenvalue weighted by molar-refractivity contribution is 5.95. The van der Waals surface area contributed by atoms with E-state index in [1.165, 1.54) is 0 Å². The summed E-state index contributed by atoms with van der Waals surface area (Å²) in [5, 5.41) is 0. The van der Waals surface area contributed by atoms with Crippen molar-refractivity contribution >= 4 is 5.90 Å². The molecule has 0 radical (unpaired) electrons. The highest BCUT2D eigenvalue weighted by Gasteiger charge is 2.24. The summed E-state index contributed by atoms with van der Waals surface area (Å²) < 4.78 is 31.7. The summed E-state index contributed by atoms with van der Waals surface area (Å²) in [4.78, 5) is 4.25. The summed E-state index contributed by atoms with van der Waals surface area (Å²) in [6.07, 6.45) is 0. The molecule has 2 nitrogen and oxygen atoms in total. The van der Waals surface area contributed by atoms with Gasteiger partial charge in [-0.1, -0.05) is 13.8 Å². The maximum absolute atomic E-state index is 13.4. The molecule has 1 aromatic rings. The Labute approximate surface area is 93.0 Å². The van der Waals surface area contributed by atoms with Crippen molar-refractivity contribution in [3.63, 3.8) is 0 Å². The second-order valence-electron chi connectivity index (χ2n) is 4.18.